The van der Waals surface area contributed by atoms with Crippen LogP contribution < -0.4 is 14.8 Å². The first-order valence-corrected chi connectivity index (χ1v) is 7.21. The van der Waals surface area contributed by atoms with Gasteiger partial charge in [0.1, 0.15) is 6.07 Å². The number of aryl methyl sites for hydroxylation is 1. The van der Waals surface area contributed by atoms with Crippen LogP contribution in [0, 0.1) is 18.3 Å². The van der Waals surface area contributed by atoms with E-state index in [4.69, 9.17) is 9.47 Å². The number of nitrogens with one attached hydrogen (secondary N) is 1. The van der Waals surface area contributed by atoms with Crippen LogP contribution in [-0.4, -0.2) is 11.8 Å². The molecule has 6 heteroatoms. The lowest BCUT2D eigenvalue weighted by Gasteiger charge is -2.12. The van der Waals surface area contributed by atoms with Crippen molar-refractivity contribution in [2.24, 2.45) is 0 Å². The molecule has 0 spiro atoms. The number of nitriles is 1. The number of anilines is 2. The van der Waals surface area contributed by atoms with Gasteiger partial charge in [0.2, 0.25) is 6.79 Å². The standard InChI is InChI=1S/C18H13N3O2.ClH/c1-11-2-4-15-14(6-11)18(12(8-19)9-20-15)21-13-3-5-16-17(7-13)23-10-22-16;/h2-7,9H,10H2,1H3,(H,20,21);1H. The zero-order chi connectivity index (χ0) is 15.8. The molecule has 2 heterocycles. The molecule has 0 bridgehead atoms. The first-order chi connectivity index (χ1) is 11.2. The van der Waals surface area contributed by atoms with Gasteiger partial charge in [0.25, 0.3) is 0 Å². The van der Waals surface area contributed by atoms with Gasteiger partial charge in [-0.05, 0) is 31.2 Å². The van der Waals surface area contributed by atoms with E-state index in [0.29, 0.717) is 11.3 Å². The van der Waals surface area contributed by atoms with Crippen molar-refractivity contribution in [3.05, 3.63) is 53.7 Å². The van der Waals surface area contributed by atoms with Crippen molar-refractivity contribution < 1.29 is 9.47 Å². The maximum atomic E-state index is 9.41. The molecule has 24 heavy (non-hydrogen) atoms. The summed E-state index contributed by atoms with van der Waals surface area (Å²) < 4.78 is 10.7. The van der Waals surface area contributed by atoms with Crippen molar-refractivity contribution in [2.75, 3.05) is 12.1 Å². The number of pyridine rings is 1. The van der Waals surface area contributed by atoms with Crippen molar-refractivity contribution in [1.29, 1.82) is 5.26 Å². The summed E-state index contributed by atoms with van der Waals surface area (Å²) in [5, 5.41) is 13.6. The lowest BCUT2D eigenvalue weighted by molar-refractivity contribution is 0.174. The van der Waals surface area contributed by atoms with E-state index in [1.807, 2.05) is 43.3 Å². The molecule has 0 saturated heterocycles. The highest BCUT2D eigenvalue weighted by Crippen LogP contribution is 2.36. The number of rotatable bonds is 2. The van der Waals surface area contributed by atoms with Gasteiger partial charge in [0.05, 0.1) is 16.8 Å². The van der Waals surface area contributed by atoms with Crippen LogP contribution in [0.4, 0.5) is 11.4 Å². The van der Waals surface area contributed by atoms with E-state index >= 15 is 0 Å². The van der Waals surface area contributed by atoms with Gasteiger partial charge in [0, 0.05) is 23.3 Å². The smallest absolute Gasteiger partial charge is 0.231 e. The maximum Gasteiger partial charge on any atom is 0.231 e. The Morgan fingerprint density at radius 2 is 1.96 bits per heavy atom. The van der Waals surface area contributed by atoms with Crippen LogP contribution in [0.15, 0.2) is 42.6 Å². The molecule has 3 aromatic rings. The molecule has 5 nitrogen and oxygen atoms in total. The summed E-state index contributed by atoms with van der Waals surface area (Å²) in [5.41, 5.74) is 4.04. The minimum atomic E-state index is 0. The Labute approximate surface area is 145 Å². The van der Waals surface area contributed by atoms with Crippen LogP contribution >= 0.6 is 12.4 Å². The Bertz CT molecular complexity index is 966. The van der Waals surface area contributed by atoms with Gasteiger partial charge in [-0.1, -0.05) is 11.6 Å². The van der Waals surface area contributed by atoms with E-state index in [0.717, 1.165) is 33.6 Å². The van der Waals surface area contributed by atoms with Crippen LogP contribution in [0.2, 0.25) is 0 Å². The number of halogens is 1. The summed E-state index contributed by atoms with van der Waals surface area (Å²) in [6.07, 6.45) is 1.59. The average Bonchev–Trinajstić information content (AvgIpc) is 3.03. The highest BCUT2D eigenvalue weighted by molar-refractivity contribution is 5.96. The number of fused-ring (bicyclic) bond motifs is 2. The van der Waals surface area contributed by atoms with E-state index < -0.39 is 0 Å². The van der Waals surface area contributed by atoms with Gasteiger partial charge in [-0.15, -0.1) is 12.4 Å². The highest BCUT2D eigenvalue weighted by atomic mass is 35.5. The second-order valence-electron chi connectivity index (χ2n) is 5.37. The van der Waals surface area contributed by atoms with E-state index in [1.165, 1.54) is 0 Å². The third-order valence-corrected chi connectivity index (χ3v) is 3.79. The van der Waals surface area contributed by atoms with E-state index in [1.54, 1.807) is 6.20 Å². The number of aromatic nitrogens is 1. The predicted octanol–water partition coefficient (Wildman–Crippen LogP) is 4.31. The van der Waals surface area contributed by atoms with Crippen LogP contribution in [-0.2, 0) is 0 Å². The first-order valence-electron chi connectivity index (χ1n) is 7.21. The fourth-order valence-corrected chi connectivity index (χ4v) is 2.64. The summed E-state index contributed by atoms with van der Waals surface area (Å²) in [7, 11) is 0. The van der Waals surface area contributed by atoms with E-state index in [9.17, 15) is 5.26 Å². The zero-order valence-electron chi connectivity index (χ0n) is 12.9. The Hall–Kier alpha value is -2.97. The number of hydrogen-bond acceptors (Lipinski definition) is 5. The fourth-order valence-electron chi connectivity index (χ4n) is 2.64. The number of ether oxygens (including phenoxy) is 2. The molecule has 1 aliphatic heterocycles. The molecule has 2 aromatic carbocycles. The second-order valence-corrected chi connectivity index (χ2v) is 5.37. The van der Waals surface area contributed by atoms with Crippen molar-refractivity contribution in [3.63, 3.8) is 0 Å². The molecule has 1 aliphatic rings. The maximum absolute atomic E-state index is 9.41. The van der Waals surface area contributed by atoms with Crippen molar-refractivity contribution in [2.45, 2.75) is 6.92 Å². The molecule has 0 fully saturated rings. The van der Waals surface area contributed by atoms with Crippen molar-refractivity contribution in [3.8, 4) is 17.6 Å². The number of nitrogens with zero attached hydrogens (tertiary/aromatic N) is 2. The van der Waals surface area contributed by atoms with Crippen molar-refractivity contribution >= 4 is 34.7 Å². The van der Waals surface area contributed by atoms with Crippen LogP contribution in [0.25, 0.3) is 10.9 Å². The monoisotopic (exact) mass is 339 g/mol. The number of hydrogen-bond donors (Lipinski definition) is 1. The third kappa shape index (κ3) is 2.68. The largest absolute Gasteiger partial charge is 0.454 e. The average molecular weight is 340 g/mol. The van der Waals surface area contributed by atoms with Gasteiger partial charge in [0.15, 0.2) is 11.5 Å². The molecule has 0 aliphatic carbocycles. The Morgan fingerprint density at radius 3 is 2.79 bits per heavy atom. The van der Waals surface area contributed by atoms with Gasteiger partial charge >= 0.3 is 0 Å². The third-order valence-electron chi connectivity index (χ3n) is 3.79. The molecule has 1 N–H and O–H groups in total. The summed E-state index contributed by atoms with van der Waals surface area (Å²) in [6.45, 7) is 2.25. The van der Waals surface area contributed by atoms with Gasteiger partial charge in [-0.2, -0.15) is 5.26 Å². The molecule has 0 atom stereocenters. The van der Waals surface area contributed by atoms with Gasteiger partial charge in [-0.3, -0.25) is 4.98 Å². The number of benzene rings is 2. The quantitative estimate of drug-likeness (QED) is 0.753. The Balaban J connectivity index is 0.00000169. The summed E-state index contributed by atoms with van der Waals surface area (Å²) >= 11 is 0. The van der Waals surface area contributed by atoms with Crippen LogP contribution in [0.5, 0.6) is 11.5 Å². The minimum absolute atomic E-state index is 0. The SMILES string of the molecule is Cc1ccc2ncc(C#N)c(Nc3ccc4c(c3)OCO4)c2c1.Cl. The molecule has 0 saturated carbocycles. The summed E-state index contributed by atoms with van der Waals surface area (Å²) in [4.78, 5) is 4.35. The van der Waals surface area contributed by atoms with Crippen LogP contribution in [0.1, 0.15) is 11.1 Å². The first kappa shape index (κ1) is 15.9. The lowest BCUT2D eigenvalue weighted by Crippen LogP contribution is -1.97. The molecule has 4 rings (SSSR count). The molecule has 1 aromatic heterocycles. The molecular weight excluding hydrogens is 326 g/mol. The topological polar surface area (TPSA) is 67.2 Å². The second kappa shape index (κ2) is 6.26. The van der Waals surface area contributed by atoms with Gasteiger partial charge in [-0.25, -0.2) is 0 Å². The van der Waals surface area contributed by atoms with Crippen molar-refractivity contribution in [1.82, 2.24) is 4.98 Å². The zero-order valence-corrected chi connectivity index (χ0v) is 13.7. The summed E-state index contributed by atoms with van der Waals surface area (Å²) in [6, 6.07) is 13.8. The predicted molar refractivity (Wildman–Crippen MR) is 94.3 cm³/mol. The normalized spacial score (nSPS) is 11.7. The van der Waals surface area contributed by atoms with E-state index in [-0.39, 0.29) is 19.2 Å². The Morgan fingerprint density at radius 1 is 1.12 bits per heavy atom. The summed E-state index contributed by atoms with van der Waals surface area (Å²) in [5.74, 6) is 1.43. The van der Waals surface area contributed by atoms with Gasteiger partial charge < -0.3 is 14.8 Å². The fraction of sp³-hybridized carbons (Fsp3) is 0.111. The van der Waals surface area contributed by atoms with Crippen LogP contribution in [0.3, 0.4) is 0 Å². The molecular formula is C18H14ClN3O2. The molecule has 0 amide bonds. The minimum Gasteiger partial charge on any atom is -0.454 e. The van der Waals surface area contributed by atoms with E-state index in [2.05, 4.69) is 16.4 Å². The molecule has 120 valence electrons. The highest BCUT2D eigenvalue weighted by Gasteiger charge is 2.15. The molecule has 0 unspecified atom stereocenters. The lowest BCUT2D eigenvalue weighted by atomic mass is 10.1. The molecule has 0 radical (unpaired) electrons. The Kier molecular flexibility index (Phi) is 4.15.